The highest BCUT2D eigenvalue weighted by Gasteiger charge is 2.23. The predicted molar refractivity (Wildman–Crippen MR) is 133 cm³/mol. The van der Waals surface area contributed by atoms with Crippen molar-refractivity contribution in [2.75, 3.05) is 51.0 Å². The van der Waals surface area contributed by atoms with E-state index in [4.69, 9.17) is 9.47 Å². The van der Waals surface area contributed by atoms with Crippen molar-refractivity contribution in [3.8, 4) is 11.8 Å². The maximum atomic E-state index is 13.0. The lowest BCUT2D eigenvalue weighted by atomic mass is 9.97. The number of hydrogen-bond donors (Lipinski definition) is 1. The molecule has 0 bridgehead atoms. The van der Waals surface area contributed by atoms with Crippen molar-refractivity contribution in [3.05, 3.63) is 45.4 Å². The molecule has 0 atom stereocenters. The molecule has 1 aliphatic rings. The molecule has 0 spiro atoms. The Labute approximate surface area is 208 Å². The van der Waals surface area contributed by atoms with Gasteiger partial charge in [0.25, 0.3) is 5.91 Å². The number of ether oxygens (including phenoxy) is 2. The van der Waals surface area contributed by atoms with Crippen LogP contribution in [0.15, 0.2) is 30.5 Å². The minimum Gasteiger partial charge on any atom is -0.492 e. The van der Waals surface area contributed by atoms with E-state index in [9.17, 15) is 10.1 Å². The summed E-state index contributed by atoms with van der Waals surface area (Å²) < 4.78 is 11.9. The van der Waals surface area contributed by atoms with Crippen LogP contribution < -0.4 is 15.2 Å². The van der Waals surface area contributed by atoms with Crippen LogP contribution in [-0.2, 0) is 4.74 Å². The number of nitrogens with zero attached hydrogens (tertiary/aromatic N) is 5. The minimum atomic E-state index is -0.271. The summed E-state index contributed by atoms with van der Waals surface area (Å²) in [6.07, 6.45) is 1.58. The first kappa shape index (κ1) is 25.1. The van der Waals surface area contributed by atoms with Crippen LogP contribution in [0.5, 0.6) is 5.75 Å². The average molecular weight is 564 g/mol. The molecule has 0 saturated carbocycles. The lowest BCUT2D eigenvalue weighted by Crippen LogP contribution is -2.47. The lowest BCUT2D eigenvalue weighted by Gasteiger charge is -2.31. The zero-order chi connectivity index (χ0) is 23.8. The van der Waals surface area contributed by atoms with E-state index in [0.717, 1.165) is 42.2 Å². The van der Waals surface area contributed by atoms with Crippen LogP contribution in [-0.4, -0.2) is 66.8 Å². The van der Waals surface area contributed by atoms with Gasteiger partial charge in [-0.25, -0.2) is 4.98 Å². The van der Waals surface area contributed by atoms with Gasteiger partial charge in [-0.2, -0.15) is 10.2 Å². The second-order valence-electron chi connectivity index (χ2n) is 8.89. The highest BCUT2D eigenvalue weighted by atomic mass is 127. The van der Waals surface area contributed by atoms with Crippen molar-refractivity contribution < 1.29 is 14.3 Å². The molecule has 1 aromatic heterocycles. The Hall–Kier alpha value is -2.49. The van der Waals surface area contributed by atoms with Gasteiger partial charge in [0, 0.05) is 37.9 Å². The van der Waals surface area contributed by atoms with Crippen molar-refractivity contribution in [3.63, 3.8) is 0 Å². The summed E-state index contributed by atoms with van der Waals surface area (Å²) in [5, 5.41) is 10.9. The lowest BCUT2D eigenvalue weighted by molar-refractivity contribution is 0.0322. The predicted octanol–water partition coefficient (Wildman–Crippen LogP) is 2.86. The van der Waals surface area contributed by atoms with Gasteiger partial charge in [-0.1, -0.05) is 20.8 Å². The third kappa shape index (κ3) is 7.80. The molecule has 1 fully saturated rings. The molecule has 2 heterocycles. The number of carbonyl (C=O) groups is 1. The summed E-state index contributed by atoms with van der Waals surface area (Å²) in [4.78, 5) is 23.6. The zero-order valence-electron chi connectivity index (χ0n) is 19.2. The van der Waals surface area contributed by atoms with Gasteiger partial charge in [0.1, 0.15) is 18.4 Å². The number of aromatic nitrogens is 2. The summed E-state index contributed by atoms with van der Waals surface area (Å²) in [5.74, 6) is 0.994. The fourth-order valence-corrected chi connectivity index (χ4v) is 3.80. The molecular weight excluding hydrogens is 535 g/mol. The minimum absolute atomic E-state index is 0.0529. The smallest absolute Gasteiger partial charge is 0.269 e. The zero-order valence-corrected chi connectivity index (χ0v) is 21.3. The van der Waals surface area contributed by atoms with E-state index in [2.05, 4.69) is 63.7 Å². The van der Waals surface area contributed by atoms with Gasteiger partial charge >= 0.3 is 0 Å². The Morgan fingerprint density at radius 2 is 2.00 bits per heavy atom. The Morgan fingerprint density at radius 3 is 2.64 bits per heavy atom. The summed E-state index contributed by atoms with van der Waals surface area (Å²) in [6, 6.07) is 9.02. The van der Waals surface area contributed by atoms with E-state index in [0.29, 0.717) is 24.5 Å². The standard InChI is InChI=1S/C23H29IN6O3/c1-23(2,3)16-30(21-19(24)15-26-20(14-25)27-21)28-22(31)17-4-6-18(7-5-17)33-13-10-29-8-11-32-12-9-29/h4-7,15H,8-13,16H2,1-3H3,(H,28,31). The molecule has 0 unspecified atom stereocenters. The molecule has 0 aliphatic carbocycles. The van der Waals surface area contributed by atoms with Crippen LogP contribution in [0.1, 0.15) is 37.0 Å². The van der Waals surface area contributed by atoms with E-state index in [1.165, 1.54) is 0 Å². The first-order valence-corrected chi connectivity index (χ1v) is 11.9. The van der Waals surface area contributed by atoms with Crippen LogP contribution in [0, 0.1) is 20.3 Å². The highest BCUT2D eigenvalue weighted by Crippen LogP contribution is 2.23. The maximum Gasteiger partial charge on any atom is 0.269 e. The van der Waals surface area contributed by atoms with Gasteiger partial charge in [-0.3, -0.25) is 20.1 Å². The molecule has 176 valence electrons. The maximum absolute atomic E-state index is 13.0. The number of amides is 1. The molecule has 1 N–H and O–H groups in total. The molecular formula is C23H29IN6O3. The Balaban J connectivity index is 1.64. The fraction of sp³-hybridized carbons (Fsp3) is 0.478. The molecule has 1 saturated heterocycles. The molecule has 9 nitrogen and oxygen atoms in total. The Morgan fingerprint density at radius 1 is 1.30 bits per heavy atom. The normalized spacial score (nSPS) is 14.4. The van der Waals surface area contributed by atoms with E-state index < -0.39 is 0 Å². The van der Waals surface area contributed by atoms with Gasteiger partial charge in [0.2, 0.25) is 5.82 Å². The second kappa shape index (κ2) is 11.6. The van der Waals surface area contributed by atoms with Gasteiger partial charge in [0.05, 0.1) is 16.8 Å². The van der Waals surface area contributed by atoms with Crippen LogP contribution in [0.3, 0.4) is 0 Å². The van der Waals surface area contributed by atoms with E-state index in [1.807, 2.05) is 6.07 Å². The largest absolute Gasteiger partial charge is 0.492 e. The second-order valence-corrected chi connectivity index (χ2v) is 10.1. The molecule has 1 aliphatic heterocycles. The van der Waals surface area contributed by atoms with Crippen molar-refractivity contribution in [1.82, 2.24) is 20.3 Å². The Bertz CT molecular complexity index is 981. The summed E-state index contributed by atoms with van der Waals surface area (Å²) in [7, 11) is 0. The van der Waals surface area contributed by atoms with Gasteiger partial charge in [-0.15, -0.1) is 0 Å². The quantitative estimate of drug-likeness (QED) is 0.386. The van der Waals surface area contributed by atoms with Gasteiger partial charge in [0.15, 0.2) is 5.82 Å². The van der Waals surface area contributed by atoms with Crippen LogP contribution in [0.4, 0.5) is 5.82 Å². The molecule has 33 heavy (non-hydrogen) atoms. The molecule has 1 amide bonds. The SMILES string of the molecule is CC(C)(C)CN(NC(=O)c1ccc(OCCN2CCOCC2)cc1)c1nc(C#N)ncc1I. The van der Waals surface area contributed by atoms with Crippen LogP contribution in [0.25, 0.3) is 0 Å². The monoisotopic (exact) mass is 564 g/mol. The molecule has 2 aromatic rings. The topological polar surface area (TPSA) is 104 Å². The van der Waals surface area contributed by atoms with Crippen molar-refractivity contribution in [2.24, 2.45) is 5.41 Å². The Kier molecular flexibility index (Phi) is 8.82. The van der Waals surface area contributed by atoms with Crippen molar-refractivity contribution in [2.45, 2.75) is 20.8 Å². The fourth-order valence-electron chi connectivity index (χ4n) is 3.25. The van der Waals surface area contributed by atoms with E-state index >= 15 is 0 Å². The number of hydrogen-bond acceptors (Lipinski definition) is 8. The number of benzene rings is 1. The summed E-state index contributed by atoms with van der Waals surface area (Å²) in [5.41, 5.74) is 3.30. The molecule has 1 aromatic carbocycles. The number of carbonyl (C=O) groups excluding carboxylic acids is 1. The van der Waals surface area contributed by atoms with Crippen LogP contribution >= 0.6 is 22.6 Å². The van der Waals surface area contributed by atoms with E-state index in [-0.39, 0.29) is 17.1 Å². The highest BCUT2D eigenvalue weighted by molar-refractivity contribution is 14.1. The summed E-state index contributed by atoms with van der Waals surface area (Å²) >= 11 is 2.10. The first-order valence-electron chi connectivity index (χ1n) is 10.8. The molecule has 0 radical (unpaired) electrons. The third-order valence-electron chi connectivity index (χ3n) is 4.85. The number of morpholine rings is 1. The van der Waals surface area contributed by atoms with E-state index in [1.54, 1.807) is 35.5 Å². The number of nitrogens with one attached hydrogen (secondary N) is 1. The first-order chi connectivity index (χ1) is 15.7. The van der Waals surface area contributed by atoms with Crippen LogP contribution in [0.2, 0.25) is 0 Å². The van der Waals surface area contributed by atoms with Gasteiger partial charge in [-0.05, 0) is 52.3 Å². The molecule has 3 rings (SSSR count). The molecule has 10 heteroatoms. The van der Waals surface area contributed by atoms with Crippen molar-refractivity contribution >= 4 is 34.3 Å². The number of nitriles is 1. The number of anilines is 1. The van der Waals surface area contributed by atoms with Gasteiger partial charge < -0.3 is 9.47 Å². The average Bonchev–Trinajstić information content (AvgIpc) is 2.79. The number of rotatable bonds is 8. The number of halogens is 1. The third-order valence-corrected chi connectivity index (χ3v) is 5.61. The number of hydrazine groups is 1. The summed E-state index contributed by atoms with van der Waals surface area (Å²) in [6.45, 7) is 11.5. The van der Waals surface area contributed by atoms with Crippen molar-refractivity contribution in [1.29, 1.82) is 5.26 Å².